The third-order valence-electron chi connectivity index (χ3n) is 3.54. The number of nitrogens with zero attached hydrogens (tertiary/aromatic N) is 3. The van der Waals surface area contributed by atoms with Crippen LogP contribution in [0.25, 0.3) is 6.08 Å². The Morgan fingerprint density at radius 1 is 1.10 bits per heavy atom. The zero-order valence-corrected chi connectivity index (χ0v) is 12.3. The highest BCUT2D eigenvalue weighted by atomic mass is 32.1. The van der Waals surface area contributed by atoms with Gasteiger partial charge in [0.05, 0.1) is 0 Å². The molecule has 3 rings (SSSR count). The predicted molar refractivity (Wildman–Crippen MR) is 86.2 cm³/mol. The first-order chi connectivity index (χ1) is 9.92. The number of thiazole rings is 1. The smallest absolute Gasteiger partial charge is 0.185 e. The van der Waals surface area contributed by atoms with Crippen molar-refractivity contribution < 1.29 is 0 Å². The lowest BCUT2D eigenvalue weighted by molar-refractivity contribution is 0.284. The lowest BCUT2D eigenvalue weighted by atomic mass is 10.2. The maximum atomic E-state index is 4.38. The number of hydrogen-bond donors (Lipinski definition) is 0. The maximum Gasteiger partial charge on any atom is 0.185 e. The zero-order valence-electron chi connectivity index (χ0n) is 11.5. The van der Waals surface area contributed by atoms with Gasteiger partial charge in [-0.05, 0) is 5.56 Å². The highest BCUT2D eigenvalue weighted by molar-refractivity contribution is 7.13. The Morgan fingerprint density at radius 3 is 2.60 bits per heavy atom. The molecule has 1 aromatic carbocycles. The van der Waals surface area contributed by atoms with Gasteiger partial charge in [0.1, 0.15) is 0 Å². The molecule has 1 aliphatic rings. The lowest BCUT2D eigenvalue weighted by Gasteiger charge is -2.33. The molecule has 1 saturated heterocycles. The predicted octanol–water partition coefficient (Wildman–Crippen LogP) is 2.98. The summed E-state index contributed by atoms with van der Waals surface area (Å²) in [6, 6.07) is 10.5. The monoisotopic (exact) mass is 285 g/mol. The van der Waals surface area contributed by atoms with Crippen LogP contribution in [0, 0.1) is 0 Å². The molecule has 0 unspecified atom stereocenters. The van der Waals surface area contributed by atoms with Crippen LogP contribution in [0.5, 0.6) is 0 Å². The average Bonchev–Trinajstić information content (AvgIpc) is 3.03. The van der Waals surface area contributed by atoms with Crippen LogP contribution in [-0.4, -0.2) is 42.6 Å². The average molecular weight is 285 g/mol. The molecule has 0 N–H and O–H groups in total. The summed E-state index contributed by atoms with van der Waals surface area (Å²) in [6.07, 6.45) is 6.34. The fraction of sp³-hybridized carbons (Fsp3) is 0.312. The minimum atomic E-state index is 1.03. The Labute approximate surface area is 124 Å². The van der Waals surface area contributed by atoms with Crippen LogP contribution < -0.4 is 4.90 Å². The molecule has 20 heavy (non-hydrogen) atoms. The maximum absolute atomic E-state index is 4.38. The third-order valence-corrected chi connectivity index (χ3v) is 4.37. The summed E-state index contributed by atoms with van der Waals surface area (Å²) < 4.78 is 0. The second kappa shape index (κ2) is 6.68. The van der Waals surface area contributed by atoms with Crippen molar-refractivity contribution in [2.75, 3.05) is 37.6 Å². The first-order valence-electron chi connectivity index (χ1n) is 7.00. The van der Waals surface area contributed by atoms with Crippen molar-refractivity contribution in [2.45, 2.75) is 0 Å². The van der Waals surface area contributed by atoms with Crippen molar-refractivity contribution in [3.63, 3.8) is 0 Å². The first kappa shape index (κ1) is 13.3. The number of anilines is 1. The van der Waals surface area contributed by atoms with E-state index in [4.69, 9.17) is 0 Å². The molecule has 0 bridgehead atoms. The van der Waals surface area contributed by atoms with E-state index in [1.807, 2.05) is 11.6 Å². The summed E-state index contributed by atoms with van der Waals surface area (Å²) in [7, 11) is 0. The van der Waals surface area contributed by atoms with E-state index in [1.165, 1.54) is 5.56 Å². The SMILES string of the molecule is C(=Cc1ccccc1)CN1CCN(c2nccs2)CC1. The van der Waals surface area contributed by atoms with Crippen LogP contribution in [0.4, 0.5) is 5.13 Å². The Morgan fingerprint density at radius 2 is 1.90 bits per heavy atom. The van der Waals surface area contributed by atoms with Crippen molar-refractivity contribution in [3.8, 4) is 0 Å². The number of hydrogen-bond acceptors (Lipinski definition) is 4. The Bertz CT molecular complexity index is 528. The third kappa shape index (κ3) is 3.46. The summed E-state index contributed by atoms with van der Waals surface area (Å²) in [5.41, 5.74) is 1.27. The van der Waals surface area contributed by atoms with E-state index in [0.717, 1.165) is 37.9 Å². The van der Waals surface area contributed by atoms with Gasteiger partial charge < -0.3 is 4.90 Å². The molecule has 1 aliphatic heterocycles. The van der Waals surface area contributed by atoms with E-state index in [-0.39, 0.29) is 0 Å². The minimum absolute atomic E-state index is 1.03. The Balaban J connectivity index is 1.46. The van der Waals surface area contributed by atoms with E-state index in [2.05, 4.69) is 57.3 Å². The molecule has 0 aliphatic carbocycles. The summed E-state index contributed by atoms with van der Waals surface area (Å²) in [4.78, 5) is 9.25. The van der Waals surface area contributed by atoms with Crippen molar-refractivity contribution in [3.05, 3.63) is 53.5 Å². The van der Waals surface area contributed by atoms with Crippen LogP contribution >= 0.6 is 11.3 Å². The fourth-order valence-corrected chi connectivity index (χ4v) is 3.09. The second-order valence-electron chi connectivity index (χ2n) is 4.92. The fourth-order valence-electron chi connectivity index (χ4n) is 2.40. The summed E-state index contributed by atoms with van der Waals surface area (Å²) in [5.74, 6) is 0. The quantitative estimate of drug-likeness (QED) is 0.861. The van der Waals surface area contributed by atoms with Gasteiger partial charge >= 0.3 is 0 Å². The van der Waals surface area contributed by atoms with E-state index < -0.39 is 0 Å². The Kier molecular flexibility index (Phi) is 4.46. The first-order valence-corrected chi connectivity index (χ1v) is 7.88. The Hall–Kier alpha value is -1.65. The van der Waals surface area contributed by atoms with Crippen LogP contribution in [0.1, 0.15) is 5.56 Å². The molecular weight excluding hydrogens is 266 g/mol. The number of aromatic nitrogens is 1. The zero-order chi connectivity index (χ0) is 13.6. The van der Waals surface area contributed by atoms with Gasteiger partial charge in [-0.2, -0.15) is 0 Å². The molecule has 1 fully saturated rings. The summed E-state index contributed by atoms with van der Waals surface area (Å²) >= 11 is 1.73. The number of benzene rings is 1. The van der Waals surface area contributed by atoms with Gasteiger partial charge in [0.25, 0.3) is 0 Å². The summed E-state index contributed by atoms with van der Waals surface area (Å²) in [6.45, 7) is 5.40. The standard InChI is InChI=1S/C16H19N3S/c1-2-5-15(6-3-1)7-4-9-18-10-12-19(13-11-18)16-17-8-14-20-16/h1-8,14H,9-13H2. The molecule has 0 radical (unpaired) electrons. The van der Waals surface area contributed by atoms with E-state index in [0.29, 0.717) is 0 Å². The highest BCUT2D eigenvalue weighted by Crippen LogP contribution is 2.18. The van der Waals surface area contributed by atoms with Crippen LogP contribution in [0.3, 0.4) is 0 Å². The van der Waals surface area contributed by atoms with E-state index >= 15 is 0 Å². The molecule has 0 spiro atoms. The topological polar surface area (TPSA) is 19.4 Å². The van der Waals surface area contributed by atoms with Crippen molar-refractivity contribution in [1.29, 1.82) is 0 Å². The molecule has 0 saturated carbocycles. The second-order valence-corrected chi connectivity index (χ2v) is 5.79. The highest BCUT2D eigenvalue weighted by Gasteiger charge is 2.17. The molecule has 2 aromatic rings. The van der Waals surface area contributed by atoms with Gasteiger partial charge in [-0.1, -0.05) is 42.5 Å². The molecule has 2 heterocycles. The van der Waals surface area contributed by atoms with E-state index in [9.17, 15) is 0 Å². The number of rotatable bonds is 4. The van der Waals surface area contributed by atoms with Gasteiger partial charge in [-0.3, -0.25) is 4.90 Å². The molecule has 0 amide bonds. The van der Waals surface area contributed by atoms with Crippen molar-refractivity contribution in [1.82, 2.24) is 9.88 Å². The molecule has 0 atom stereocenters. The van der Waals surface area contributed by atoms with Crippen LogP contribution in [0.2, 0.25) is 0 Å². The van der Waals surface area contributed by atoms with Gasteiger partial charge in [-0.25, -0.2) is 4.98 Å². The molecular formula is C16H19N3S. The number of piperazine rings is 1. The van der Waals surface area contributed by atoms with Crippen molar-refractivity contribution in [2.24, 2.45) is 0 Å². The van der Waals surface area contributed by atoms with Gasteiger partial charge in [-0.15, -0.1) is 11.3 Å². The van der Waals surface area contributed by atoms with Gasteiger partial charge in [0.15, 0.2) is 5.13 Å². The van der Waals surface area contributed by atoms with Crippen molar-refractivity contribution >= 4 is 22.5 Å². The molecule has 1 aromatic heterocycles. The van der Waals surface area contributed by atoms with E-state index in [1.54, 1.807) is 11.3 Å². The lowest BCUT2D eigenvalue weighted by Crippen LogP contribution is -2.46. The molecule has 104 valence electrons. The van der Waals surface area contributed by atoms with Gasteiger partial charge in [0, 0.05) is 44.3 Å². The normalized spacial score (nSPS) is 16.9. The van der Waals surface area contributed by atoms with Gasteiger partial charge in [0.2, 0.25) is 0 Å². The minimum Gasteiger partial charge on any atom is -0.346 e. The molecule has 3 nitrogen and oxygen atoms in total. The van der Waals surface area contributed by atoms with Crippen LogP contribution in [0.15, 0.2) is 48.0 Å². The summed E-state index contributed by atoms with van der Waals surface area (Å²) in [5, 5.41) is 3.20. The van der Waals surface area contributed by atoms with Crippen LogP contribution in [-0.2, 0) is 0 Å². The largest absolute Gasteiger partial charge is 0.346 e. The molecule has 4 heteroatoms.